The number of hydrogen-bond acceptors (Lipinski definition) is 6. The normalized spacial score (nSPS) is 18.3. The summed E-state index contributed by atoms with van der Waals surface area (Å²) in [7, 11) is 0. The third kappa shape index (κ3) is 3.96. The molecule has 0 radical (unpaired) electrons. The van der Waals surface area contributed by atoms with Crippen molar-refractivity contribution >= 4 is 17.6 Å². The van der Waals surface area contributed by atoms with Crippen molar-refractivity contribution in [2.45, 2.75) is 0 Å². The molecule has 3 rings (SSSR count). The van der Waals surface area contributed by atoms with Gasteiger partial charge in [0.05, 0.1) is 13.2 Å². The van der Waals surface area contributed by atoms with Crippen LogP contribution in [-0.2, 0) is 14.3 Å². The van der Waals surface area contributed by atoms with E-state index in [1.807, 2.05) is 0 Å². The van der Waals surface area contributed by atoms with Gasteiger partial charge in [0.1, 0.15) is 6.54 Å². The maximum atomic E-state index is 12.1. The first-order chi connectivity index (χ1) is 11.2. The number of anilines is 1. The van der Waals surface area contributed by atoms with Gasteiger partial charge in [-0.05, 0) is 12.1 Å². The van der Waals surface area contributed by atoms with Gasteiger partial charge in [-0.25, -0.2) is 4.98 Å². The molecule has 0 unspecified atom stereocenters. The molecule has 8 nitrogen and oxygen atoms in total. The van der Waals surface area contributed by atoms with Crippen LogP contribution in [0.5, 0.6) is 5.75 Å². The van der Waals surface area contributed by atoms with Gasteiger partial charge in [-0.1, -0.05) is 0 Å². The lowest BCUT2D eigenvalue weighted by Crippen LogP contribution is -2.47. The zero-order valence-corrected chi connectivity index (χ0v) is 12.9. The van der Waals surface area contributed by atoms with Gasteiger partial charge >= 0.3 is 0 Å². The van der Waals surface area contributed by atoms with Crippen molar-refractivity contribution in [3.05, 3.63) is 18.3 Å². The van der Waals surface area contributed by atoms with Crippen LogP contribution >= 0.6 is 0 Å². The smallest absolute Gasteiger partial charge is 0.266 e. The Morgan fingerprint density at radius 1 is 1.35 bits per heavy atom. The Morgan fingerprint density at radius 3 is 3.00 bits per heavy atom. The second-order valence-electron chi connectivity index (χ2n) is 5.40. The van der Waals surface area contributed by atoms with Gasteiger partial charge < -0.3 is 14.8 Å². The summed E-state index contributed by atoms with van der Waals surface area (Å²) >= 11 is 0. The summed E-state index contributed by atoms with van der Waals surface area (Å²) < 4.78 is 10.6. The molecule has 2 amide bonds. The van der Waals surface area contributed by atoms with E-state index in [4.69, 9.17) is 9.47 Å². The van der Waals surface area contributed by atoms with E-state index in [0.29, 0.717) is 18.1 Å². The fourth-order valence-corrected chi connectivity index (χ4v) is 2.57. The second-order valence-corrected chi connectivity index (χ2v) is 5.40. The minimum Gasteiger partial charge on any atom is -0.480 e. The second kappa shape index (κ2) is 7.38. The van der Waals surface area contributed by atoms with Gasteiger partial charge in [0.2, 0.25) is 5.91 Å². The summed E-state index contributed by atoms with van der Waals surface area (Å²) in [5, 5.41) is 2.84. The molecule has 1 aromatic heterocycles. The first kappa shape index (κ1) is 15.7. The van der Waals surface area contributed by atoms with Crippen molar-refractivity contribution in [1.29, 1.82) is 0 Å². The van der Waals surface area contributed by atoms with Gasteiger partial charge in [0, 0.05) is 32.4 Å². The molecule has 1 fully saturated rings. The SMILES string of the molecule is O=C(CN1C(=O)COc2cccnc21)NCCN1CCOCC1. The zero-order valence-electron chi connectivity index (χ0n) is 12.9. The number of nitrogens with one attached hydrogen (secondary N) is 1. The summed E-state index contributed by atoms with van der Waals surface area (Å²) in [5.74, 6) is 0.449. The Labute approximate surface area is 134 Å². The van der Waals surface area contributed by atoms with Gasteiger partial charge in [-0.2, -0.15) is 0 Å². The van der Waals surface area contributed by atoms with Crippen molar-refractivity contribution in [3.8, 4) is 5.75 Å². The highest BCUT2D eigenvalue weighted by Gasteiger charge is 2.28. The number of aromatic nitrogens is 1. The Hall–Kier alpha value is -2.19. The average Bonchev–Trinajstić information content (AvgIpc) is 2.58. The third-order valence-corrected chi connectivity index (χ3v) is 3.81. The molecule has 0 aromatic carbocycles. The molecule has 3 heterocycles. The van der Waals surface area contributed by atoms with E-state index in [-0.39, 0.29) is 25.0 Å². The van der Waals surface area contributed by atoms with Crippen LogP contribution in [0.1, 0.15) is 0 Å². The van der Waals surface area contributed by atoms with Crippen molar-refractivity contribution in [2.24, 2.45) is 0 Å². The number of carbonyl (C=O) groups excluding carboxylic acids is 2. The van der Waals surface area contributed by atoms with Gasteiger partial charge in [0.25, 0.3) is 5.91 Å². The number of nitrogens with zero attached hydrogens (tertiary/aromatic N) is 3. The largest absolute Gasteiger partial charge is 0.480 e. The molecular weight excluding hydrogens is 300 g/mol. The summed E-state index contributed by atoms with van der Waals surface area (Å²) in [4.78, 5) is 31.8. The lowest BCUT2D eigenvalue weighted by molar-refractivity contribution is -0.125. The quantitative estimate of drug-likeness (QED) is 0.769. The van der Waals surface area contributed by atoms with Crippen molar-refractivity contribution < 1.29 is 19.1 Å². The van der Waals surface area contributed by atoms with E-state index < -0.39 is 0 Å². The first-order valence-corrected chi connectivity index (χ1v) is 7.69. The summed E-state index contributed by atoms with van der Waals surface area (Å²) in [5.41, 5.74) is 0. The van der Waals surface area contributed by atoms with Crippen LogP contribution in [0.4, 0.5) is 5.82 Å². The van der Waals surface area contributed by atoms with Gasteiger partial charge in [-0.15, -0.1) is 0 Å². The number of ether oxygens (including phenoxy) is 2. The van der Waals surface area contributed by atoms with E-state index in [9.17, 15) is 9.59 Å². The van der Waals surface area contributed by atoms with E-state index in [1.54, 1.807) is 18.3 Å². The fraction of sp³-hybridized carbons (Fsp3) is 0.533. The number of morpholine rings is 1. The molecule has 0 bridgehead atoms. The standard InChI is InChI=1S/C15H20N4O4/c20-13(16-4-5-18-6-8-22-9-7-18)10-19-14(21)11-23-12-2-1-3-17-15(12)19/h1-3H,4-11H2,(H,16,20). The predicted octanol–water partition coefficient (Wildman–Crippen LogP) is -0.745. The number of fused-ring (bicyclic) bond motifs is 1. The molecule has 2 aliphatic heterocycles. The minimum absolute atomic E-state index is 0.0463. The molecule has 1 saturated heterocycles. The van der Waals surface area contributed by atoms with E-state index in [2.05, 4.69) is 15.2 Å². The Bertz CT molecular complexity index is 574. The number of pyridine rings is 1. The summed E-state index contributed by atoms with van der Waals surface area (Å²) in [6, 6.07) is 3.47. The van der Waals surface area contributed by atoms with Crippen molar-refractivity contribution in [2.75, 3.05) is 57.4 Å². The molecule has 2 aliphatic rings. The lowest BCUT2D eigenvalue weighted by Gasteiger charge is -2.28. The van der Waals surface area contributed by atoms with Crippen LogP contribution in [0.2, 0.25) is 0 Å². The van der Waals surface area contributed by atoms with Crippen LogP contribution in [0.15, 0.2) is 18.3 Å². The highest BCUT2D eigenvalue weighted by atomic mass is 16.5. The van der Waals surface area contributed by atoms with E-state index >= 15 is 0 Å². The van der Waals surface area contributed by atoms with Gasteiger partial charge in [0.15, 0.2) is 18.2 Å². The summed E-state index contributed by atoms with van der Waals surface area (Å²) in [6.07, 6.45) is 1.57. The maximum absolute atomic E-state index is 12.1. The Morgan fingerprint density at radius 2 is 2.17 bits per heavy atom. The molecular formula is C15H20N4O4. The molecule has 0 aliphatic carbocycles. The highest BCUT2D eigenvalue weighted by molar-refractivity contribution is 6.01. The van der Waals surface area contributed by atoms with E-state index in [0.717, 1.165) is 32.8 Å². The highest BCUT2D eigenvalue weighted by Crippen LogP contribution is 2.28. The number of hydrogen-bond donors (Lipinski definition) is 1. The van der Waals surface area contributed by atoms with Crippen LogP contribution in [0, 0.1) is 0 Å². The fourth-order valence-electron chi connectivity index (χ4n) is 2.57. The predicted molar refractivity (Wildman–Crippen MR) is 82.4 cm³/mol. The van der Waals surface area contributed by atoms with Crippen LogP contribution in [0.25, 0.3) is 0 Å². The number of amides is 2. The molecule has 124 valence electrons. The van der Waals surface area contributed by atoms with Crippen molar-refractivity contribution in [3.63, 3.8) is 0 Å². The monoisotopic (exact) mass is 320 g/mol. The maximum Gasteiger partial charge on any atom is 0.266 e. The first-order valence-electron chi connectivity index (χ1n) is 7.69. The zero-order chi connectivity index (χ0) is 16.1. The average molecular weight is 320 g/mol. The lowest BCUT2D eigenvalue weighted by atomic mass is 10.3. The van der Waals surface area contributed by atoms with Crippen LogP contribution < -0.4 is 15.0 Å². The van der Waals surface area contributed by atoms with Gasteiger partial charge in [-0.3, -0.25) is 19.4 Å². The molecule has 0 spiro atoms. The van der Waals surface area contributed by atoms with E-state index in [1.165, 1.54) is 4.90 Å². The van der Waals surface area contributed by atoms with Crippen molar-refractivity contribution in [1.82, 2.24) is 15.2 Å². The van der Waals surface area contributed by atoms with Crippen LogP contribution in [0.3, 0.4) is 0 Å². The molecule has 0 atom stereocenters. The van der Waals surface area contributed by atoms with Crippen LogP contribution in [-0.4, -0.2) is 74.2 Å². The molecule has 1 aromatic rings. The molecule has 23 heavy (non-hydrogen) atoms. The molecule has 0 saturated carbocycles. The Kier molecular flexibility index (Phi) is 5.04. The number of carbonyl (C=O) groups is 2. The number of rotatable bonds is 5. The topological polar surface area (TPSA) is 84.0 Å². The third-order valence-electron chi connectivity index (χ3n) is 3.81. The summed E-state index contributed by atoms with van der Waals surface area (Å²) in [6.45, 7) is 4.45. The Balaban J connectivity index is 1.50. The molecule has 1 N–H and O–H groups in total. The molecule has 8 heteroatoms. The minimum atomic E-state index is -0.264.